The lowest BCUT2D eigenvalue weighted by Crippen LogP contribution is -2.52. The highest BCUT2D eigenvalue weighted by Crippen LogP contribution is 2.31. The molecule has 1 saturated heterocycles. The van der Waals surface area contributed by atoms with E-state index in [4.69, 9.17) is 4.74 Å². The molecule has 0 saturated carbocycles. The molecule has 0 aromatic rings. The van der Waals surface area contributed by atoms with Gasteiger partial charge in [-0.3, -0.25) is 9.59 Å². The van der Waals surface area contributed by atoms with Crippen LogP contribution >= 0.6 is 0 Å². The summed E-state index contributed by atoms with van der Waals surface area (Å²) in [5.74, 6) is -0.313. The zero-order chi connectivity index (χ0) is 7.78. The van der Waals surface area contributed by atoms with Gasteiger partial charge in [0.25, 0.3) is 0 Å². The van der Waals surface area contributed by atoms with Gasteiger partial charge in [0.05, 0.1) is 6.42 Å². The molecule has 10 heavy (non-hydrogen) atoms. The highest BCUT2D eigenvalue weighted by molar-refractivity contribution is 5.96. The van der Waals surface area contributed by atoms with Gasteiger partial charge in [0, 0.05) is 0 Å². The zero-order valence-electron chi connectivity index (χ0n) is 6.14. The van der Waals surface area contributed by atoms with E-state index >= 15 is 0 Å². The number of carbonyl (C=O) groups excluding carboxylic acids is 2. The Morgan fingerprint density at radius 2 is 2.30 bits per heavy atom. The Morgan fingerprint density at radius 3 is 2.40 bits per heavy atom. The van der Waals surface area contributed by atoms with Gasteiger partial charge in [0.2, 0.25) is 0 Å². The van der Waals surface area contributed by atoms with Crippen molar-refractivity contribution in [1.82, 2.24) is 0 Å². The van der Waals surface area contributed by atoms with Crippen molar-refractivity contribution in [3.05, 3.63) is 0 Å². The first-order valence-electron chi connectivity index (χ1n) is 3.33. The van der Waals surface area contributed by atoms with Crippen LogP contribution in [0.4, 0.5) is 0 Å². The first kappa shape index (κ1) is 7.25. The minimum absolute atomic E-state index is 0.0467. The number of Topliss-reactive ketones (excluding diaryl/α,β-unsaturated/α-hetero) is 1. The SMILES string of the molecule is CCC1(C(C)=O)CC(=O)O1. The largest absolute Gasteiger partial charge is 0.450 e. The average molecular weight is 142 g/mol. The third kappa shape index (κ3) is 0.818. The van der Waals surface area contributed by atoms with Crippen LogP contribution < -0.4 is 0 Å². The second-order valence-electron chi connectivity index (χ2n) is 2.55. The lowest BCUT2D eigenvalue weighted by Gasteiger charge is -2.37. The minimum Gasteiger partial charge on any atom is -0.450 e. The normalized spacial score (nSPS) is 30.8. The molecule has 56 valence electrons. The van der Waals surface area contributed by atoms with Crippen molar-refractivity contribution in [3.63, 3.8) is 0 Å². The van der Waals surface area contributed by atoms with E-state index in [2.05, 4.69) is 0 Å². The summed E-state index contributed by atoms with van der Waals surface area (Å²) in [5.41, 5.74) is -0.753. The van der Waals surface area contributed by atoms with Crippen LogP contribution in [0.5, 0.6) is 0 Å². The first-order chi connectivity index (χ1) is 4.60. The lowest BCUT2D eigenvalue weighted by molar-refractivity contribution is -0.194. The Kier molecular flexibility index (Phi) is 1.50. The highest BCUT2D eigenvalue weighted by atomic mass is 16.6. The van der Waals surface area contributed by atoms with Crippen molar-refractivity contribution in [2.45, 2.75) is 32.3 Å². The summed E-state index contributed by atoms with van der Waals surface area (Å²) in [5, 5.41) is 0. The predicted molar refractivity (Wildman–Crippen MR) is 34.4 cm³/mol. The van der Waals surface area contributed by atoms with E-state index in [1.165, 1.54) is 6.92 Å². The fourth-order valence-electron chi connectivity index (χ4n) is 1.09. The van der Waals surface area contributed by atoms with Crippen LogP contribution in [0.25, 0.3) is 0 Å². The third-order valence-electron chi connectivity index (χ3n) is 1.95. The molecule has 1 aliphatic rings. The zero-order valence-corrected chi connectivity index (χ0v) is 6.14. The molecule has 0 amide bonds. The van der Waals surface area contributed by atoms with Crippen molar-refractivity contribution in [3.8, 4) is 0 Å². The van der Waals surface area contributed by atoms with Gasteiger partial charge in [-0.2, -0.15) is 0 Å². The Morgan fingerprint density at radius 1 is 1.80 bits per heavy atom. The van der Waals surface area contributed by atoms with Gasteiger partial charge >= 0.3 is 5.97 Å². The van der Waals surface area contributed by atoms with Gasteiger partial charge in [-0.25, -0.2) is 0 Å². The molecule has 3 heteroatoms. The lowest BCUT2D eigenvalue weighted by atomic mass is 9.87. The Balaban J connectivity index is 2.65. The molecule has 0 radical (unpaired) electrons. The molecule has 1 rings (SSSR count). The molecule has 0 spiro atoms. The number of ether oxygens (including phenoxy) is 1. The average Bonchev–Trinajstić information content (AvgIpc) is 1.79. The number of rotatable bonds is 2. The van der Waals surface area contributed by atoms with Crippen molar-refractivity contribution in [2.24, 2.45) is 0 Å². The Hall–Kier alpha value is -0.860. The number of carbonyl (C=O) groups is 2. The second kappa shape index (κ2) is 2.08. The molecular weight excluding hydrogens is 132 g/mol. The van der Waals surface area contributed by atoms with E-state index in [1.807, 2.05) is 6.92 Å². The van der Waals surface area contributed by atoms with Gasteiger partial charge in [-0.15, -0.1) is 0 Å². The number of esters is 1. The van der Waals surface area contributed by atoms with Crippen LogP contribution in [-0.2, 0) is 14.3 Å². The number of hydrogen-bond donors (Lipinski definition) is 0. The maximum absolute atomic E-state index is 10.8. The van der Waals surface area contributed by atoms with Crippen LogP contribution in [-0.4, -0.2) is 17.4 Å². The summed E-state index contributed by atoms with van der Waals surface area (Å²) in [7, 11) is 0. The van der Waals surface area contributed by atoms with E-state index in [9.17, 15) is 9.59 Å². The van der Waals surface area contributed by atoms with Crippen LogP contribution in [0.15, 0.2) is 0 Å². The minimum atomic E-state index is -0.753. The van der Waals surface area contributed by atoms with Gasteiger partial charge in [-0.05, 0) is 13.3 Å². The summed E-state index contributed by atoms with van der Waals surface area (Å²) in [6.07, 6.45) is 0.854. The van der Waals surface area contributed by atoms with Gasteiger partial charge in [0.15, 0.2) is 11.4 Å². The number of cyclic esters (lactones) is 1. The van der Waals surface area contributed by atoms with Gasteiger partial charge in [-0.1, -0.05) is 6.92 Å². The molecule has 1 aliphatic heterocycles. The molecule has 1 unspecified atom stereocenters. The summed E-state index contributed by atoms with van der Waals surface area (Å²) in [6.45, 7) is 3.30. The highest BCUT2D eigenvalue weighted by Gasteiger charge is 2.48. The third-order valence-corrected chi connectivity index (χ3v) is 1.95. The Labute approximate surface area is 59.4 Å². The standard InChI is InChI=1S/C7H10O3/c1-3-7(5(2)8)4-6(9)10-7/h3-4H2,1-2H3. The number of hydrogen-bond acceptors (Lipinski definition) is 3. The van der Waals surface area contributed by atoms with Crippen LogP contribution in [0.1, 0.15) is 26.7 Å². The van der Waals surface area contributed by atoms with Gasteiger partial charge in [0.1, 0.15) is 0 Å². The molecule has 1 atom stereocenters. The van der Waals surface area contributed by atoms with Crippen LogP contribution in [0, 0.1) is 0 Å². The fraction of sp³-hybridized carbons (Fsp3) is 0.714. The van der Waals surface area contributed by atoms with Crippen molar-refractivity contribution >= 4 is 11.8 Å². The van der Waals surface area contributed by atoms with Crippen LogP contribution in [0.3, 0.4) is 0 Å². The Bertz CT molecular complexity index is 175. The quantitative estimate of drug-likeness (QED) is 0.532. The summed E-state index contributed by atoms with van der Waals surface area (Å²) in [4.78, 5) is 21.3. The van der Waals surface area contributed by atoms with Crippen molar-refractivity contribution < 1.29 is 14.3 Å². The fourth-order valence-corrected chi connectivity index (χ4v) is 1.09. The molecule has 1 fully saturated rings. The molecule has 0 N–H and O–H groups in total. The molecular formula is C7H10O3. The van der Waals surface area contributed by atoms with Crippen molar-refractivity contribution in [1.29, 1.82) is 0 Å². The summed E-state index contributed by atoms with van der Waals surface area (Å²) < 4.78 is 4.75. The molecule has 1 heterocycles. The topological polar surface area (TPSA) is 43.4 Å². The number of ketones is 1. The maximum atomic E-state index is 10.8. The maximum Gasteiger partial charge on any atom is 0.311 e. The van der Waals surface area contributed by atoms with Crippen molar-refractivity contribution in [2.75, 3.05) is 0 Å². The van der Waals surface area contributed by atoms with E-state index < -0.39 is 5.60 Å². The van der Waals surface area contributed by atoms with Crippen LogP contribution in [0.2, 0.25) is 0 Å². The summed E-state index contributed by atoms with van der Waals surface area (Å²) in [6, 6.07) is 0. The molecule has 0 bridgehead atoms. The monoisotopic (exact) mass is 142 g/mol. The smallest absolute Gasteiger partial charge is 0.311 e. The molecule has 0 aromatic heterocycles. The second-order valence-corrected chi connectivity index (χ2v) is 2.55. The summed E-state index contributed by atoms with van der Waals surface area (Å²) >= 11 is 0. The van der Waals surface area contributed by atoms with E-state index in [0.29, 0.717) is 6.42 Å². The molecule has 0 aromatic carbocycles. The predicted octanol–water partition coefficient (Wildman–Crippen LogP) is 0.671. The first-order valence-corrected chi connectivity index (χ1v) is 3.33. The van der Waals surface area contributed by atoms with E-state index in [1.54, 1.807) is 0 Å². The van der Waals surface area contributed by atoms with E-state index in [0.717, 1.165) is 0 Å². The van der Waals surface area contributed by atoms with E-state index in [-0.39, 0.29) is 18.2 Å². The molecule has 3 nitrogen and oxygen atoms in total. The molecule has 0 aliphatic carbocycles. The van der Waals surface area contributed by atoms with Gasteiger partial charge < -0.3 is 4.74 Å².